The lowest BCUT2D eigenvalue weighted by Gasteiger charge is -2.19. The Morgan fingerprint density at radius 3 is 3.21 bits per heavy atom. The van der Waals surface area contributed by atoms with Crippen LogP contribution >= 0.6 is 0 Å². The number of fused-ring (bicyclic) bond motifs is 1. The van der Waals surface area contributed by atoms with Crippen molar-refractivity contribution in [3.63, 3.8) is 0 Å². The van der Waals surface area contributed by atoms with Gasteiger partial charge in [0.1, 0.15) is 0 Å². The lowest BCUT2D eigenvalue weighted by molar-refractivity contribution is -0.137. The van der Waals surface area contributed by atoms with Crippen molar-refractivity contribution in [2.75, 3.05) is 0 Å². The van der Waals surface area contributed by atoms with E-state index in [2.05, 4.69) is 10.2 Å². The van der Waals surface area contributed by atoms with E-state index in [0.29, 0.717) is 0 Å². The lowest BCUT2D eigenvalue weighted by atomic mass is 9.85. The number of carbonyl (C=O) groups is 1. The molecule has 0 radical (unpaired) electrons. The smallest absolute Gasteiger partial charge is 0.304 e. The third kappa shape index (κ3) is 1.52. The first-order valence-electron chi connectivity index (χ1n) is 4.94. The molecule has 1 aliphatic carbocycles. The number of aromatic nitrogens is 2. The van der Waals surface area contributed by atoms with E-state index in [4.69, 9.17) is 5.11 Å². The molecule has 0 fully saturated rings. The van der Waals surface area contributed by atoms with Crippen LogP contribution in [0.4, 0.5) is 0 Å². The van der Waals surface area contributed by atoms with Gasteiger partial charge in [-0.15, -0.1) is 0 Å². The number of hydrogen-bond donors (Lipinski definition) is 2. The normalized spacial score (nSPS) is 20.5. The lowest BCUT2D eigenvalue weighted by Crippen LogP contribution is -2.13. The number of nitrogens with zero attached hydrogens (tertiary/aromatic N) is 1. The minimum Gasteiger partial charge on any atom is -0.481 e. The summed E-state index contributed by atoms with van der Waals surface area (Å²) in [6.07, 6.45) is 3.26. The number of hydrogen-bond acceptors (Lipinski definition) is 2. The summed E-state index contributed by atoms with van der Waals surface area (Å²) in [6.45, 7) is 2.00. The maximum absolute atomic E-state index is 10.6. The Kier molecular flexibility index (Phi) is 2.27. The summed E-state index contributed by atoms with van der Waals surface area (Å²) < 4.78 is 0. The first-order chi connectivity index (χ1) is 6.68. The molecular weight excluding hydrogens is 180 g/mol. The highest BCUT2D eigenvalue weighted by atomic mass is 16.4. The van der Waals surface area contributed by atoms with Gasteiger partial charge < -0.3 is 5.11 Å². The molecule has 0 aromatic carbocycles. The average molecular weight is 194 g/mol. The van der Waals surface area contributed by atoms with Gasteiger partial charge in [-0.05, 0) is 31.7 Å². The van der Waals surface area contributed by atoms with Gasteiger partial charge in [0, 0.05) is 11.6 Å². The first kappa shape index (κ1) is 9.24. The van der Waals surface area contributed by atoms with Crippen LogP contribution in [0, 0.1) is 6.92 Å². The largest absolute Gasteiger partial charge is 0.481 e. The maximum atomic E-state index is 10.6. The molecule has 1 unspecified atom stereocenters. The van der Waals surface area contributed by atoms with Gasteiger partial charge in [-0.25, -0.2) is 0 Å². The highest BCUT2D eigenvalue weighted by Crippen LogP contribution is 2.33. The third-order valence-electron chi connectivity index (χ3n) is 2.89. The van der Waals surface area contributed by atoms with Gasteiger partial charge in [-0.3, -0.25) is 9.89 Å². The Morgan fingerprint density at radius 1 is 1.71 bits per heavy atom. The number of carboxylic acid groups (broad SMARTS) is 1. The fourth-order valence-corrected chi connectivity index (χ4v) is 2.20. The van der Waals surface area contributed by atoms with Crippen molar-refractivity contribution >= 4 is 5.97 Å². The van der Waals surface area contributed by atoms with E-state index in [1.165, 1.54) is 5.56 Å². The van der Waals surface area contributed by atoms with Crippen molar-refractivity contribution in [3.05, 3.63) is 17.0 Å². The molecule has 0 spiro atoms. The SMILES string of the molecule is Cc1[nH]nc2c1CCCC2CC(=O)O. The molecule has 0 saturated carbocycles. The molecule has 4 heteroatoms. The number of carboxylic acids is 1. The van der Waals surface area contributed by atoms with Gasteiger partial charge in [-0.1, -0.05) is 0 Å². The summed E-state index contributed by atoms with van der Waals surface area (Å²) in [6, 6.07) is 0. The van der Waals surface area contributed by atoms with Gasteiger partial charge in [0.15, 0.2) is 0 Å². The van der Waals surface area contributed by atoms with E-state index in [1.54, 1.807) is 0 Å². The molecule has 0 aliphatic heterocycles. The van der Waals surface area contributed by atoms with Crippen molar-refractivity contribution in [3.8, 4) is 0 Å². The monoisotopic (exact) mass is 194 g/mol. The molecule has 0 bridgehead atoms. The van der Waals surface area contributed by atoms with Gasteiger partial charge in [0.05, 0.1) is 12.1 Å². The molecule has 0 amide bonds. The van der Waals surface area contributed by atoms with Crippen LogP contribution in [0.5, 0.6) is 0 Å². The van der Waals surface area contributed by atoms with Crippen molar-refractivity contribution in [1.29, 1.82) is 0 Å². The van der Waals surface area contributed by atoms with Gasteiger partial charge in [0.2, 0.25) is 0 Å². The van der Waals surface area contributed by atoms with E-state index < -0.39 is 5.97 Å². The van der Waals surface area contributed by atoms with Crippen molar-refractivity contribution in [1.82, 2.24) is 10.2 Å². The number of aliphatic carboxylic acids is 1. The number of nitrogens with one attached hydrogen (secondary N) is 1. The van der Waals surface area contributed by atoms with Gasteiger partial charge in [-0.2, -0.15) is 5.10 Å². The Balaban J connectivity index is 2.27. The quantitative estimate of drug-likeness (QED) is 0.751. The summed E-state index contributed by atoms with van der Waals surface area (Å²) in [4.78, 5) is 10.6. The summed E-state index contributed by atoms with van der Waals surface area (Å²) in [5.74, 6) is -0.621. The predicted octanol–water partition coefficient (Wildman–Crippen LogP) is 1.61. The second-order valence-corrected chi connectivity index (χ2v) is 3.90. The van der Waals surface area contributed by atoms with E-state index in [0.717, 1.165) is 30.7 Å². The predicted molar refractivity (Wildman–Crippen MR) is 51.3 cm³/mol. The molecule has 2 rings (SSSR count). The minimum atomic E-state index is -0.733. The van der Waals surface area contributed by atoms with Crippen molar-refractivity contribution < 1.29 is 9.90 Å². The second kappa shape index (κ2) is 3.44. The molecule has 4 nitrogen and oxygen atoms in total. The highest BCUT2D eigenvalue weighted by Gasteiger charge is 2.26. The topological polar surface area (TPSA) is 66.0 Å². The summed E-state index contributed by atoms with van der Waals surface area (Å²) >= 11 is 0. The highest BCUT2D eigenvalue weighted by molar-refractivity contribution is 5.68. The molecule has 1 heterocycles. The van der Waals surface area contributed by atoms with E-state index in [-0.39, 0.29) is 12.3 Å². The second-order valence-electron chi connectivity index (χ2n) is 3.90. The third-order valence-corrected chi connectivity index (χ3v) is 2.89. The Morgan fingerprint density at radius 2 is 2.50 bits per heavy atom. The maximum Gasteiger partial charge on any atom is 0.304 e. The summed E-state index contributed by atoms with van der Waals surface area (Å²) in [5, 5.41) is 15.9. The van der Waals surface area contributed by atoms with Crippen molar-refractivity contribution in [2.24, 2.45) is 0 Å². The Labute approximate surface area is 82.3 Å². The summed E-state index contributed by atoms with van der Waals surface area (Å²) in [5.41, 5.74) is 3.31. The van der Waals surface area contributed by atoms with E-state index in [1.807, 2.05) is 6.92 Å². The van der Waals surface area contributed by atoms with Crippen LogP contribution in [0.1, 0.15) is 42.1 Å². The molecule has 1 aliphatic rings. The number of rotatable bonds is 2. The number of aromatic amines is 1. The molecule has 2 N–H and O–H groups in total. The molecule has 0 saturated heterocycles. The standard InChI is InChI=1S/C10H14N2O2/c1-6-8-4-2-3-7(5-9(13)14)10(8)12-11-6/h7H,2-5H2,1H3,(H,11,12)(H,13,14). The van der Waals surface area contributed by atoms with E-state index in [9.17, 15) is 4.79 Å². The Hall–Kier alpha value is -1.32. The van der Waals surface area contributed by atoms with Crippen LogP contribution in [-0.4, -0.2) is 21.3 Å². The minimum absolute atomic E-state index is 0.112. The van der Waals surface area contributed by atoms with Gasteiger partial charge >= 0.3 is 5.97 Å². The average Bonchev–Trinajstić information content (AvgIpc) is 2.49. The zero-order valence-corrected chi connectivity index (χ0v) is 8.21. The molecular formula is C10H14N2O2. The number of aryl methyl sites for hydroxylation is 1. The zero-order valence-electron chi connectivity index (χ0n) is 8.21. The first-order valence-corrected chi connectivity index (χ1v) is 4.94. The van der Waals surface area contributed by atoms with Crippen molar-refractivity contribution in [2.45, 2.75) is 38.5 Å². The molecule has 1 aromatic heterocycles. The van der Waals surface area contributed by atoms with Crippen LogP contribution in [0.3, 0.4) is 0 Å². The number of H-pyrrole nitrogens is 1. The molecule has 14 heavy (non-hydrogen) atoms. The fraction of sp³-hybridized carbons (Fsp3) is 0.600. The van der Waals surface area contributed by atoms with Crippen LogP contribution in [0.2, 0.25) is 0 Å². The van der Waals surface area contributed by atoms with Crippen LogP contribution in [-0.2, 0) is 11.2 Å². The molecule has 76 valence electrons. The zero-order chi connectivity index (χ0) is 10.1. The van der Waals surface area contributed by atoms with Gasteiger partial charge in [0.25, 0.3) is 0 Å². The Bertz CT molecular complexity index is 357. The fourth-order valence-electron chi connectivity index (χ4n) is 2.20. The molecule has 1 atom stereocenters. The molecule has 1 aromatic rings. The van der Waals surface area contributed by atoms with E-state index >= 15 is 0 Å². The van der Waals surface area contributed by atoms with Crippen LogP contribution < -0.4 is 0 Å². The van der Waals surface area contributed by atoms with Crippen LogP contribution in [0.15, 0.2) is 0 Å². The summed E-state index contributed by atoms with van der Waals surface area (Å²) in [7, 11) is 0. The van der Waals surface area contributed by atoms with Crippen LogP contribution in [0.25, 0.3) is 0 Å².